The Morgan fingerprint density at radius 1 is 0.808 bits per heavy atom. The van der Waals surface area contributed by atoms with Crippen molar-refractivity contribution in [2.75, 3.05) is 55.6 Å². The molecule has 0 N–H and O–H groups in total. The average molecular weight is 374 g/mol. The highest BCUT2D eigenvalue weighted by Crippen LogP contribution is 2.33. The molecule has 0 aliphatic heterocycles. The van der Waals surface area contributed by atoms with Crippen LogP contribution >= 0.6 is 0 Å². The number of methoxy groups -OCH3 is 4. The third-order valence-electron chi connectivity index (χ3n) is 3.14. The number of hydrogen-bond donors (Lipinski definition) is 0. The Hall–Kier alpha value is -1.75. The lowest BCUT2D eigenvalue weighted by atomic mass is 10.0. The highest BCUT2D eigenvalue weighted by atomic mass is 16.7. The van der Waals surface area contributed by atoms with Crippen molar-refractivity contribution in [3.8, 4) is 11.5 Å². The van der Waals surface area contributed by atoms with E-state index in [2.05, 4.69) is 0 Å². The van der Waals surface area contributed by atoms with Crippen molar-refractivity contribution in [1.82, 2.24) is 0 Å². The molecule has 2 atom stereocenters. The van der Waals surface area contributed by atoms with Gasteiger partial charge in [-0.25, -0.2) is 0 Å². The number of ether oxygens (including phenoxy) is 8. The largest absolute Gasteiger partial charge is 0.464 e. The molecule has 9 heteroatoms. The molecule has 26 heavy (non-hydrogen) atoms. The first kappa shape index (κ1) is 22.3. The van der Waals surface area contributed by atoms with Crippen LogP contribution in [-0.4, -0.2) is 68.0 Å². The van der Waals surface area contributed by atoms with Crippen molar-refractivity contribution < 1.29 is 42.7 Å². The quantitative estimate of drug-likeness (QED) is 0.334. The molecule has 0 spiro atoms. The van der Waals surface area contributed by atoms with Crippen LogP contribution in [0.2, 0.25) is 0 Å². The van der Waals surface area contributed by atoms with Gasteiger partial charge in [-0.05, 0) is 17.7 Å². The van der Waals surface area contributed by atoms with E-state index in [0.29, 0.717) is 23.3 Å². The van der Waals surface area contributed by atoms with Crippen LogP contribution < -0.4 is 9.47 Å². The lowest BCUT2D eigenvalue weighted by Gasteiger charge is -2.24. The maximum absolute atomic E-state index is 11.5. The first-order valence-corrected chi connectivity index (χ1v) is 7.75. The lowest BCUT2D eigenvalue weighted by Crippen LogP contribution is -2.27. The number of carbonyl (C=O) groups excluding carboxylic acids is 1. The highest BCUT2D eigenvalue weighted by Gasteiger charge is 2.26. The maximum atomic E-state index is 11.5. The van der Waals surface area contributed by atoms with Gasteiger partial charge >= 0.3 is 0 Å². The van der Waals surface area contributed by atoms with Gasteiger partial charge in [0.15, 0.2) is 31.4 Å². The topological polar surface area (TPSA) is 90.9 Å². The minimum atomic E-state index is -0.897. The lowest BCUT2D eigenvalue weighted by molar-refractivity contribution is -0.164. The first-order chi connectivity index (χ1) is 12.7. The molecule has 0 saturated heterocycles. The summed E-state index contributed by atoms with van der Waals surface area (Å²) >= 11 is 0. The Bertz CT molecular complexity index is 509. The van der Waals surface area contributed by atoms with Crippen molar-refractivity contribution in [1.29, 1.82) is 0 Å². The maximum Gasteiger partial charge on any atom is 0.188 e. The fourth-order valence-corrected chi connectivity index (χ4v) is 2.05. The van der Waals surface area contributed by atoms with E-state index in [0.717, 1.165) is 0 Å². The summed E-state index contributed by atoms with van der Waals surface area (Å²) in [5.41, 5.74) is 0.631. The molecule has 1 aromatic carbocycles. The van der Waals surface area contributed by atoms with Crippen LogP contribution in [0.1, 0.15) is 11.7 Å². The van der Waals surface area contributed by atoms with Crippen molar-refractivity contribution in [3.05, 3.63) is 23.8 Å². The van der Waals surface area contributed by atoms with Gasteiger partial charge in [0, 0.05) is 28.4 Å². The number of aldehydes is 1. The van der Waals surface area contributed by atoms with Gasteiger partial charge in [0.25, 0.3) is 0 Å². The number of hydrogen-bond acceptors (Lipinski definition) is 9. The van der Waals surface area contributed by atoms with Gasteiger partial charge in [-0.1, -0.05) is 6.07 Å². The summed E-state index contributed by atoms with van der Waals surface area (Å²) in [5, 5.41) is 0. The minimum Gasteiger partial charge on any atom is -0.464 e. The van der Waals surface area contributed by atoms with Crippen molar-refractivity contribution in [2.24, 2.45) is 0 Å². The zero-order valence-corrected chi connectivity index (χ0v) is 15.5. The normalized spacial score (nSPS) is 13.2. The second-order valence-electron chi connectivity index (χ2n) is 4.98. The van der Waals surface area contributed by atoms with Gasteiger partial charge in [0.2, 0.25) is 0 Å². The second kappa shape index (κ2) is 13.5. The zero-order chi connectivity index (χ0) is 19.2. The van der Waals surface area contributed by atoms with Gasteiger partial charge < -0.3 is 42.7 Å². The van der Waals surface area contributed by atoms with Crippen LogP contribution in [0.15, 0.2) is 18.2 Å². The molecule has 0 fully saturated rings. The molecule has 0 bridgehead atoms. The first-order valence-electron chi connectivity index (χ1n) is 7.75. The molecule has 0 amide bonds. The van der Waals surface area contributed by atoms with E-state index in [1.54, 1.807) is 18.2 Å². The monoisotopic (exact) mass is 374 g/mol. The molecule has 1 aromatic rings. The summed E-state index contributed by atoms with van der Waals surface area (Å²) < 4.78 is 41.6. The van der Waals surface area contributed by atoms with E-state index < -0.39 is 12.2 Å². The molecule has 0 heterocycles. The highest BCUT2D eigenvalue weighted by molar-refractivity contribution is 5.58. The standard InChI is InChI=1S/C17H26O9/c1-19-9-23-14-6-5-13(7-15(14)24-10-20-2)17(26-12-22-4)16(8-18)25-11-21-3/h5-8,16-17H,9-12H2,1-4H3/t16-,17-/m0/s1. The van der Waals surface area contributed by atoms with Crippen molar-refractivity contribution in [3.63, 3.8) is 0 Å². The van der Waals surface area contributed by atoms with E-state index in [1.807, 2.05) is 0 Å². The van der Waals surface area contributed by atoms with Gasteiger partial charge in [-0.15, -0.1) is 0 Å². The second-order valence-corrected chi connectivity index (χ2v) is 4.98. The molecule has 0 aliphatic rings. The summed E-state index contributed by atoms with van der Waals surface area (Å²) in [4.78, 5) is 11.5. The zero-order valence-electron chi connectivity index (χ0n) is 15.5. The third-order valence-corrected chi connectivity index (χ3v) is 3.14. The predicted octanol–water partition coefficient (Wildman–Crippen LogP) is 1.50. The molecule has 0 aliphatic carbocycles. The summed E-state index contributed by atoms with van der Waals surface area (Å²) in [7, 11) is 5.97. The van der Waals surface area contributed by atoms with Crippen LogP contribution in [0.5, 0.6) is 11.5 Å². The van der Waals surface area contributed by atoms with Crippen LogP contribution in [-0.2, 0) is 33.2 Å². The average Bonchev–Trinajstić information content (AvgIpc) is 2.67. The summed E-state index contributed by atoms with van der Waals surface area (Å²) in [5.74, 6) is 0.863. The van der Waals surface area contributed by atoms with Crippen LogP contribution in [0, 0.1) is 0 Å². The Morgan fingerprint density at radius 3 is 1.96 bits per heavy atom. The molecule has 0 aromatic heterocycles. The smallest absolute Gasteiger partial charge is 0.188 e. The third kappa shape index (κ3) is 7.24. The van der Waals surface area contributed by atoms with Crippen LogP contribution in [0.4, 0.5) is 0 Å². The van der Waals surface area contributed by atoms with Crippen molar-refractivity contribution >= 4 is 6.29 Å². The Balaban J connectivity index is 3.11. The van der Waals surface area contributed by atoms with Gasteiger partial charge in [-0.3, -0.25) is 0 Å². The van der Waals surface area contributed by atoms with E-state index in [4.69, 9.17) is 37.9 Å². The number of benzene rings is 1. The minimum absolute atomic E-state index is 0.0215. The van der Waals surface area contributed by atoms with E-state index in [9.17, 15) is 4.79 Å². The number of rotatable bonds is 15. The molecule has 1 rings (SSSR count). The predicted molar refractivity (Wildman–Crippen MR) is 90.0 cm³/mol. The summed E-state index contributed by atoms with van der Waals surface area (Å²) in [6.07, 6.45) is -0.986. The fraction of sp³-hybridized carbons (Fsp3) is 0.588. The molecule has 0 unspecified atom stereocenters. The van der Waals surface area contributed by atoms with Gasteiger partial charge in [-0.2, -0.15) is 0 Å². The molecule has 0 radical (unpaired) electrons. The van der Waals surface area contributed by atoms with E-state index in [-0.39, 0.29) is 27.2 Å². The molecule has 9 nitrogen and oxygen atoms in total. The van der Waals surface area contributed by atoms with Crippen molar-refractivity contribution in [2.45, 2.75) is 12.2 Å². The van der Waals surface area contributed by atoms with Crippen LogP contribution in [0.3, 0.4) is 0 Å². The van der Waals surface area contributed by atoms with E-state index in [1.165, 1.54) is 28.4 Å². The van der Waals surface area contributed by atoms with Gasteiger partial charge in [0.1, 0.15) is 25.8 Å². The number of carbonyl (C=O) groups is 1. The Morgan fingerprint density at radius 2 is 1.38 bits per heavy atom. The van der Waals surface area contributed by atoms with Gasteiger partial charge in [0.05, 0.1) is 0 Å². The molecular weight excluding hydrogens is 348 g/mol. The SMILES string of the molecule is COCOc1ccc([C@H](OCOC)[C@H](C=O)OCOC)cc1OCOC. The van der Waals surface area contributed by atoms with E-state index >= 15 is 0 Å². The fourth-order valence-electron chi connectivity index (χ4n) is 2.05. The molecular formula is C17H26O9. The Kier molecular flexibility index (Phi) is 11.5. The van der Waals surface area contributed by atoms with Crippen LogP contribution in [0.25, 0.3) is 0 Å². The Labute approximate surface area is 153 Å². The molecule has 148 valence electrons. The molecule has 0 saturated carbocycles. The summed E-state index contributed by atoms with van der Waals surface area (Å²) in [6.45, 7) is -0.00622. The summed E-state index contributed by atoms with van der Waals surface area (Å²) in [6, 6.07) is 5.09.